The van der Waals surface area contributed by atoms with Crippen LogP contribution in [0, 0.1) is 5.92 Å². The monoisotopic (exact) mass is 403 g/mol. The molecule has 6 heteroatoms. The first kappa shape index (κ1) is 21.0. The number of ether oxygens (including phenoxy) is 1. The number of anilines is 1. The fraction of sp³-hybridized carbons (Fsp3) is 0.348. The fourth-order valence-corrected chi connectivity index (χ4v) is 3.64. The molecule has 0 aromatic heterocycles. The van der Waals surface area contributed by atoms with Crippen LogP contribution in [0.5, 0.6) is 5.75 Å². The van der Waals surface area contributed by atoms with Crippen LogP contribution in [0.25, 0.3) is 6.08 Å². The molecule has 1 amide bonds. The molecule has 1 aliphatic rings. The lowest BCUT2D eigenvalue weighted by Gasteiger charge is -2.25. The minimum Gasteiger partial charge on any atom is -0.496 e. The van der Waals surface area contributed by atoms with Gasteiger partial charge in [0.2, 0.25) is 5.91 Å². The van der Waals surface area contributed by atoms with Gasteiger partial charge in [0.1, 0.15) is 5.75 Å². The van der Waals surface area contributed by atoms with Crippen LogP contribution in [-0.4, -0.2) is 19.6 Å². The minimum atomic E-state index is -4.40. The van der Waals surface area contributed by atoms with E-state index in [2.05, 4.69) is 0 Å². The molecule has 1 saturated carbocycles. The van der Waals surface area contributed by atoms with E-state index in [9.17, 15) is 18.0 Å². The number of nitrogens with zero attached hydrogens (tertiary/aromatic N) is 1. The van der Waals surface area contributed by atoms with Crippen molar-refractivity contribution in [1.29, 1.82) is 0 Å². The van der Waals surface area contributed by atoms with Crippen LogP contribution in [0.3, 0.4) is 0 Å². The van der Waals surface area contributed by atoms with E-state index in [1.54, 1.807) is 12.0 Å². The van der Waals surface area contributed by atoms with Crippen LogP contribution in [0.1, 0.15) is 36.8 Å². The Balaban J connectivity index is 1.83. The molecule has 0 spiro atoms. The topological polar surface area (TPSA) is 29.5 Å². The lowest BCUT2D eigenvalue weighted by Crippen LogP contribution is -2.35. The Hall–Kier alpha value is -2.76. The van der Waals surface area contributed by atoms with Gasteiger partial charge in [0, 0.05) is 23.7 Å². The zero-order chi connectivity index (χ0) is 20.9. The summed E-state index contributed by atoms with van der Waals surface area (Å²) in [5, 5.41) is 0. The van der Waals surface area contributed by atoms with E-state index in [1.165, 1.54) is 12.1 Å². The Morgan fingerprint density at radius 1 is 1.10 bits per heavy atom. The van der Waals surface area contributed by atoms with E-state index < -0.39 is 11.7 Å². The van der Waals surface area contributed by atoms with E-state index in [-0.39, 0.29) is 18.4 Å². The van der Waals surface area contributed by atoms with Crippen LogP contribution in [-0.2, 0) is 11.0 Å². The molecule has 0 bridgehead atoms. The maximum Gasteiger partial charge on any atom is 0.416 e. The van der Waals surface area contributed by atoms with Crippen LogP contribution < -0.4 is 9.64 Å². The average molecular weight is 403 g/mol. The van der Waals surface area contributed by atoms with E-state index in [0.29, 0.717) is 11.4 Å². The van der Waals surface area contributed by atoms with Gasteiger partial charge in [0.05, 0.1) is 12.7 Å². The lowest BCUT2D eigenvalue weighted by molar-refractivity contribution is -0.137. The first-order valence-corrected chi connectivity index (χ1v) is 9.68. The molecular formula is C23H24F3NO2. The number of alkyl halides is 3. The van der Waals surface area contributed by atoms with Gasteiger partial charge >= 0.3 is 6.18 Å². The van der Waals surface area contributed by atoms with Crippen LogP contribution in [0.4, 0.5) is 18.9 Å². The Bertz CT molecular complexity index is 853. The molecule has 29 heavy (non-hydrogen) atoms. The third-order valence-corrected chi connectivity index (χ3v) is 5.20. The number of rotatable bonds is 6. The van der Waals surface area contributed by atoms with Crippen LogP contribution >= 0.6 is 0 Å². The molecule has 0 saturated heterocycles. The number of halogens is 3. The first-order valence-electron chi connectivity index (χ1n) is 9.68. The number of methoxy groups -OCH3 is 1. The van der Waals surface area contributed by atoms with E-state index in [0.717, 1.165) is 43.4 Å². The van der Waals surface area contributed by atoms with E-state index in [4.69, 9.17) is 4.74 Å². The molecule has 0 radical (unpaired) electrons. The number of hydrogen-bond acceptors (Lipinski definition) is 2. The van der Waals surface area contributed by atoms with Gasteiger partial charge in [-0.1, -0.05) is 43.2 Å². The molecule has 0 heterocycles. The molecule has 154 valence electrons. The SMILES string of the molecule is COc1ccccc1/C=C/CN(C(=O)C1CCCC1)c1ccc(C(F)(F)F)cc1. The number of carbonyl (C=O) groups is 1. The van der Waals surface area contributed by atoms with Crippen molar-refractivity contribution in [2.75, 3.05) is 18.6 Å². The molecule has 0 N–H and O–H groups in total. The Morgan fingerprint density at radius 2 is 1.76 bits per heavy atom. The van der Waals surface area contributed by atoms with Gasteiger partial charge in [-0.15, -0.1) is 0 Å². The van der Waals surface area contributed by atoms with Gasteiger partial charge in [-0.2, -0.15) is 13.2 Å². The molecule has 2 aromatic carbocycles. The Morgan fingerprint density at radius 3 is 2.38 bits per heavy atom. The molecule has 2 aromatic rings. The van der Waals surface area contributed by atoms with Crippen molar-refractivity contribution in [2.45, 2.75) is 31.9 Å². The van der Waals surface area contributed by atoms with Gasteiger partial charge in [0.25, 0.3) is 0 Å². The second-order valence-electron chi connectivity index (χ2n) is 7.12. The summed E-state index contributed by atoms with van der Waals surface area (Å²) in [6.45, 7) is 0.277. The lowest BCUT2D eigenvalue weighted by atomic mass is 10.1. The van der Waals surface area contributed by atoms with Gasteiger partial charge in [-0.05, 0) is 43.2 Å². The van der Waals surface area contributed by atoms with Gasteiger partial charge in [0.15, 0.2) is 0 Å². The van der Waals surface area contributed by atoms with E-state index >= 15 is 0 Å². The highest BCUT2D eigenvalue weighted by atomic mass is 19.4. The zero-order valence-electron chi connectivity index (χ0n) is 16.3. The molecular weight excluding hydrogens is 379 g/mol. The quantitative estimate of drug-likeness (QED) is 0.596. The number of carbonyl (C=O) groups excluding carboxylic acids is 1. The Labute approximate surface area is 168 Å². The largest absolute Gasteiger partial charge is 0.496 e. The van der Waals surface area contributed by atoms with Crippen LogP contribution in [0.15, 0.2) is 54.6 Å². The first-order chi connectivity index (χ1) is 13.9. The average Bonchev–Trinajstić information content (AvgIpc) is 3.25. The number of para-hydroxylation sites is 1. The van der Waals surface area contributed by atoms with Crippen LogP contribution in [0.2, 0.25) is 0 Å². The smallest absolute Gasteiger partial charge is 0.416 e. The fourth-order valence-electron chi connectivity index (χ4n) is 3.64. The maximum atomic E-state index is 13.0. The van der Waals surface area contributed by atoms with E-state index in [1.807, 2.05) is 36.4 Å². The maximum absolute atomic E-state index is 13.0. The number of benzene rings is 2. The predicted molar refractivity (Wildman–Crippen MR) is 108 cm³/mol. The summed E-state index contributed by atoms with van der Waals surface area (Å²) in [5.74, 6) is 0.607. The highest BCUT2D eigenvalue weighted by molar-refractivity contribution is 5.95. The molecule has 0 unspecified atom stereocenters. The van der Waals surface area contributed by atoms with Crippen molar-refractivity contribution in [3.05, 3.63) is 65.7 Å². The molecule has 1 fully saturated rings. The molecule has 1 aliphatic carbocycles. The zero-order valence-corrected chi connectivity index (χ0v) is 16.3. The normalized spacial score (nSPS) is 15.0. The Kier molecular flexibility index (Phi) is 6.62. The molecule has 0 atom stereocenters. The molecule has 0 aliphatic heterocycles. The third kappa shape index (κ3) is 5.19. The van der Waals surface area contributed by atoms with Gasteiger partial charge < -0.3 is 9.64 Å². The van der Waals surface area contributed by atoms with Crippen molar-refractivity contribution in [1.82, 2.24) is 0 Å². The summed E-state index contributed by atoms with van der Waals surface area (Å²) in [5.41, 5.74) is 0.620. The summed E-state index contributed by atoms with van der Waals surface area (Å²) in [6, 6.07) is 12.3. The van der Waals surface area contributed by atoms with Gasteiger partial charge in [-0.25, -0.2) is 0 Å². The number of hydrogen-bond donors (Lipinski definition) is 0. The summed E-state index contributed by atoms with van der Waals surface area (Å²) < 4.78 is 44.0. The second-order valence-corrected chi connectivity index (χ2v) is 7.12. The standard InChI is InChI=1S/C23H24F3NO2/c1-29-21-11-5-4-7-17(21)10-6-16-27(22(28)18-8-2-3-9-18)20-14-12-19(13-15-20)23(24,25)26/h4-7,10-15,18H,2-3,8-9,16H2,1H3/b10-6+. The highest BCUT2D eigenvalue weighted by Crippen LogP contribution is 2.32. The van der Waals surface area contributed by atoms with Crippen molar-refractivity contribution in [2.24, 2.45) is 5.92 Å². The minimum absolute atomic E-state index is 0.0352. The summed E-state index contributed by atoms with van der Waals surface area (Å²) >= 11 is 0. The van der Waals surface area contributed by atoms with Crippen molar-refractivity contribution in [3.8, 4) is 5.75 Å². The summed E-state index contributed by atoms with van der Waals surface area (Å²) in [6.07, 6.45) is 2.96. The molecule has 3 rings (SSSR count). The molecule has 3 nitrogen and oxygen atoms in total. The number of amides is 1. The summed E-state index contributed by atoms with van der Waals surface area (Å²) in [7, 11) is 1.59. The van der Waals surface area contributed by atoms with Crippen molar-refractivity contribution in [3.63, 3.8) is 0 Å². The third-order valence-electron chi connectivity index (χ3n) is 5.20. The van der Waals surface area contributed by atoms with Crippen molar-refractivity contribution >= 4 is 17.7 Å². The highest BCUT2D eigenvalue weighted by Gasteiger charge is 2.31. The second kappa shape index (κ2) is 9.16. The predicted octanol–water partition coefficient (Wildman–Crippen LogP) is 5.95. The van der Waals surface area contributed by atoms with Crippen molar-refractivity contribution < 1.29 is 22.7 Å². The van der Waals surface area contributed by atoms with Gasteiger partial charge in [-0.3, -0.25) is 4.79 Å². The summed E-state index contributed by atoms with van der Waals surface area (Å²) in [4.78, 5) is 14.6.